The molecule has 2 aromatic rings. The SMILES string of the molecule is COc1cc2c(cc1OC)[C@@H]1N(C)Cc3c(cc(OC)c4c3OCO4)[C@]1(C)[C@@H](O)C2. The number of hydrogen-bond donors (Lipinski definition) is 1. The van der Waals surface area contributed by atoms with E-state index in [2.05, 4.69) is 24.9 Å². The van der Waals surface area contributed by atoms with E-state index in [1.165, 1.54) is 0 Å². The molecule has 1 aliphatic carbocycles. The highest BCUT2D eigenvalue weighted by Crippen LogP contribution is 2.58. The van der Waals surface area contributed by atoms with E-state index in [9.17, 15) is 5.11 Å². The molecule has 2 aromatic carbocycles. The predicted molar refractivity (Wildman–Crippen MR) is 110 cm³/mol. The number of aliphatic hydroxyl groups is 1. The van der Waals surface area contributed by atoms with Crippen molar-refractivity contribution in [1.82, 2.24) is 4.90 Å². The van der Waals surface area contributed by atoms with E-state index in [4.69, 9.17) is 23.7 Å². The van der Waals surface area contributed by atoms with E-state index in [0.717, 1.165) is 28.0 Å². The number of hydrogen-bond acceptors (Lipinski definition) is 7. The molecule has 0 amide bonds. The van der Waals surface area contributed by atoms with E-state index < -0.39 is 11.5 Å². The zero-order valence-electron chi connectivity index (χ0n) is 17.9. The largest absolute Gasteiger partial charge is 0.493 e. The minimum atomic E-state index is -0.598. The maximum atomic E-state index is 11.5. The molecular weight excluding hydrogens is 386 g/mol. The Morgan fingerprint density at radius 2 is 1.67 bits per heavy atom. The van der Waals surface area contributed by atoms with Gasteiger partial charge in [-0.3, -0.25) is 4.90 Å². The third-order valence-electron chi connectivity index (χ3n) is 6.97. The first-order chi connectivity index (χ1) is 14.4. The van der Waals surface area contributed by atoms with Gasteiger partial charge in [0.15, 0.2) is 23.0 Å². The van der Waals surface area contributed by atoms with Crippen LogP contribution in [0.15, 0.2) is 18.2 Å². The van der Waals surface area contributed by atoms with Crippen molar-refractivity contribution in [3.05, 3.63) is 40.5 Å². The third-order valence-corrected chi connectivity index (χ3v) is 6.97. The minimum Gasteiger partial charge on any atom is -0.493 e. The Kier molecular flexibility index (Phi) is 4.31. The Balaban J connectivity index is 1.75. The highest BCUT2D eigenvalue weighted by Gasteiger charge is 2.54. The van der Waals surface area contributed by atoms with E-state index in [0.29, 0.717) is 36.0 Å². The molecule has 5 rings (SSSR count). The Hall–Kier alpha value is -2.64. The summed E-state index contributed by atoms with van der Waals surface area (Å²) in [6.45, 7) is 2.97. The standard InChI is InChI=1S/C23H27NO6/c1-23-15-9-18(28-5)21-20(29-11-30-21)14(15)10-24(2)22(23)13-8-17(27-4)16(26-3)6-12(13)7-19(23)25/h6,8-9,19,22,25H,7,10-11H2,1-5H3/t19-,22-,23+/m0/s1. The smallest absolute Gasteiger partial charge is 0.231 e. The number of ether oxygens (including phenoxy) is 5. The Morgan fingerprint density at radius 3 is 2.37 bits per heavy atom. The van der Waals surface area contributed by atoms with Crippen LogP contribution in [0.25, 0.3) is 0 Å². The topological polar surface area (TPSA) is 69.6 Å². The van der Waals surface area contributed by atoms with E-state index in [1.807, 2.05) is 12.1 Å². The van der Waals surface area contributed by atoms with Gasteiger partial charge in [0.05, 0.1) is 27.4 Å². The van der Waals surface area contributed by atoms with Gasteiger partial charge in [-0.25, -0.2) is 0 Å². The fourth-order valence-corrected chi connectivity index (χ4v) is 5.54. The first-order valence-corrected chi connectivity index (χ1v) is 10.1. The molecule has 2 aliphatic heterocycles. The number of methoxy groups -OCH3 is 3. The molecular formula is C23H27NO6. The summed E-state index contributed by atoms with van der Waals surface area (Å²) in [7, 11) is 6.98. The fraction of sp³-hybridized carbons (Fsp3) is 0.478. The zero-order valence-corrected chi connectivity index (χ0v) is 17.9. The van der Waals surface area contributed by atoms with Crippen LogP contribution in [0.2, 0.25) is 0 Å². The van der Waals surface area contributed by atoms with Crippen LogP contribution in [0.4, 0.5) is 0 Å². The van der Waals surface area contributed by atoms with Crippen molar-refractivity contribution < 1.29 is 28.8 Å². The van der Waals surface area contributed by atoms with Crippen LogP contribution >= 0.6 is 0 Å². The van der Waals surface area contributed by atoms with Crippen molar-refractivity contribution in [1.29, 1.82) is 0 Å². The summed E-state index contributed by atoms with van der Waals surface area (Å²) in [5.41, 5.74) is 3.74. The van der Waals surface area contributed by atoms with Crippen LogP contribution in [0, 0.1) is 0 Å². The van der Waals surface area contributed by atoms with E-state index >= 15 is 0 Å². The van der Waals surface area contributed by atoms with Crippen molar-refractivity contribution in [2.75, 3.05) is 35.2 Å². The molecule has 0 spiro atoms. The molecule has 0 fully saturated rings. The van der Waals surface area contributed by atoms with Crippen molar-refractivity contribution in [2.24, 2.45) is 0 Å². The first kappa shape index (κ1) is 19.3. The maximum Gasteiger partial charge on any atom is 0.231 e. The monoisotopic (exact) mass is 413 g/mol. The number of rotatable bonds is 3. The lowest BCUT2D eigenvalue weighted by atomic mass is 9.60. The van der Waals surface area contributed by atoms with Crippen molar-refractivity contribution >= 4 is 0 Å². The summed E-state index contributed by atoms with van der Waals surface area (Å²) in [6, 6.07) is 6.00. The first-order valence-electron chi connectivity index (χ1n) is 10.1. The second-order valence-electron chi connectivity index (χ2n) is 8.40. The van der Waals surface area contributed by atoms with Gasteiger partial charge in [-0.15, -0.1) is 0 Å². The van der Waals surface area contributed by atoms with Crippen LogP contribution in [0.5, 0.6) is 28.7 Å². The fourth-order valence-electron chi connectivity index (χ4n) is 5.54. The van der Waals surface area contributed by atoms with Gasteiger partial charge >= 0.3 is 0 Å². The Morgan fingerprint density at radius 1 is 1.00 bits per heavy atom. The molecule has 0 saturated heterocycles. The van der Waals surface area contributed by atoms with Crippen LogP contribution in [-0.4, -0.2) is 51.3 Å². The average Bonchev–Trinajstić information content (AvgIpc) is 3.23. The second-order valence-corrected chi connectivity index (χ2v) is 8.40. The van der Waals surface area contributed by atoms with E-state index in [-0.39, 0.29) is 12.8 Å². The van der Waals surface area contributed by atoms with Crippen LogP contribution < -0.4 is 23.7 Å². The molecule has 0 saturated carbocycles. The third kappa shape index (κ3) is 2.39. The van der Waals surface area contributed by atoms with Gasteiger partial charge in [-0.1, -0.05) is 6.92 Å². The van der Waals surface area contributed by atoms with Gasteiger partial charge in [0, 0.05) is 23.6 Å². The van der Waals surface area contributed by atoms with Gasteiger partial charge in [-0.2, -0.15) is 0 Å². The van der Waals surface area contributed by atoms with Crippen LogP contribution in [-0.2, 0) is 18.4 Å². The molecule has 0 bridgehead atoms. The number of fused-ring (bicyclic) bond motifs is 7. The molecule has 160 valence electrons. The van der Waals surface area contributed by atoms with Crippen molar-refractivity contribution in [2.45, 2.75) is 37.5 Å². The average molecular weight is 413 g/mol. The van der Waals surface area contributed by atoms with Gasteiger partial charge in [0.1, 0.15) is 0 Å². The molecule has 7 heteroatoms. The lowest BCUT2D eigenvalue weighted by Gasteiger charge is -2.53. The quantitative estimate of drug-likeness (QED) is 0.830. The minimum absolute atomic E-state index is 0.0476. The van der Waals surface area contributed by atoms with Gasteiger partial charge in [0.2, 0.25) is 12.5 Å². The molecule has 7 nitrogen and oxygen atoms in total. The van der Waals surface area contributed by atoms with Gasteiger partial charge in [0.25, 0.3) is 0 Å². The van der Waals surface area contributed by atoms with E-state index in [1.54, 1.807) is 21.3 Å². The highest BCUT2D eigenvalue weighted by molar-refractivity contribution is 5.64. The predicted octanol–water partition coefficient (Wildman–Crippen LogP) is 2.80. The lowest BCUT2D eigenvalue weighted by Crippen LogP contribution is -2.55. The summed E-state index contributed by atoms with van der Waals surface area (Å²) >= 11 is 0. The lowest BCUT2D eigenvalue weighted by molar-refractivity contribution is -0.000530. The molecule has 2 heterocycles. The van der Waals surface area contributed by atoms with Crippen LogP contribution in [0.1, 0.15) is 35.2 Å². The molecule has 0 aromatic heterocycles. The zero-order chi connectivity index (χ0) is 21.2. The number of aliphatic hydroxyl groups excluding tert-OH is 1. The molecule has 30 heavy (non-hydrogen) atoms. The molecule has 0 unspecified atom stereocenters. The second kappa shape index (κ2) is 6.68. The van der Waals surface area contributed by atoms with Crippen molar-refractivity contribution in [3.63, 3.8) is 0 Å². The maximum absolute atomic E-state index is 11.5. The number of nitrogens with zero attached hydrogens (tertiary/aromatic N) is 1. The van der Waals surface area contributed by atoms with Gasteiger partial charge in [-0.05, 0) is 48.4 Å². The summed E-state index contributed by atoms with van der Waals surface area (Å²) in [5.74, 6) is 3.37. The van der Waals surface area contributed by atoms with Crippen LogP contribution in [0.3, 0.4) is 0 Å². The number of benzene rings is 2. The summed E-state index contributed by atoms with van der Waals surface area (Å²) < 4.78 is 28.2. The Bertz CT molecular complexity index is 1020. The summed E-state index contributed by atoms with van der Waals surface area (Å²) in [6.07, 6.45) is -0.0770. The summed E-state index contributed by atoms with van der Waals surface area (Å²) in [4.78, 5) is 2.27. The Labute approximate surface area is 176 Å². The molecule has 0 radical (unpaired) electrons. The summed E-state index contributed by atoms with van der Waals surface area (Å²) in [5, 5.41) is 11.5. The number of likely N-dealkylation sites (N-methyl/N-ethyl adjacent to an activating group) is 1. The molecule has 3 atom stereocenters. The van der Waals surface area contributed by atoms with Gasteiger partial charge < -0.3 is 28.8 Å². The molecule has 1 N–H and O–H groups in total. The van der Waals surface area contributed by atoms with Crippen molar-refractivity contribution in [3.8, 4) is 28.7 Å². The molecule has 3 aliphatic rings. The normalized spacial score (nSPS) is 26.5. The highest BCUT2D eigenvalue weighted by atomic mass is 16.7.